The van der Waals surface area contributed by atoms with Crippen LogP contribution in [0.25, 0.3) is 0 Å². The molecule has 5 nitrogen and oxygen atoms in total. The molecule has 1 aromatic carbocycles. The van der Waals surface area contributed by atoms with Gasteiger partial charge in [0, 0.05) is 18.9 Å². The number of carbonyl (C=O) groups excluding carboxylic acids is 2. The lowest BCUT2D eigenvalue weighted by Gasteiger charge is -2.18. The van der Waals surface area contributed by atoms with Crippen molar-refractivity contribution >= 4 is 11.8 Å². The van der Waals surface area contributed by atoms with Gasteiger partial charge in [-0.3, -0.25) is 4.79 Å². The van der Waals surface area contributed by atoms with E-state index in [0.717, 1.165) is 37.7 Å². The molecule has 1 aliphatic rings. The van der Waals surface area contributed by atoms with Crippen molar-refractivity contribution < 1.29 is 23.8 Å². The van der Waals surface area contributed by atoms with Crippen LogP contribution in [0.1, 0.15) is 67.8 Å². The summed E-state index contributed by atoms with van der Waals surface area (Å²) in [6.07, 6.45) is 5.89. The molecule has 0 saturated carbocycles. The van der Waals surface area contributed by atoms with E-state index >= 15 is 0 Å². The molecule has 0 aliphatic carbocycles. The first-order valence-electron chi connectivity index (χ1n) is 9.02. The maximum absolute atomic E-state index is 12.7. The maximum atomic E-state index is 12.7. The summed E-state index contributed by atoms with van der Waals surface area (Å²) < 4.78 is 16.3. The summed E-state index contributed by atoms with van der Waals surface area (Å²) in [5.74, 6) is 1.08. The number of benzene rings is 1. The molecule has 5 heteroatoms. The molecule has 0 radical (unpaired) electrons. The van der Waals surface area contributed by atoms with Gasteiger partial charge in [-0.25, -0.2) is 4.79 Å². The van der Waals surface area contributed by atoms with Crippen molar-refractivity contribution in [3.8, 4) is 11.5 Å². The van der Waals surface area contributed by atoms with Crippen LogP contribution in [0.3, 0.4) is 0 Å². The Bertz CT molecular complexity index is 608. The number of methoxy groups -OCH3 is 2. The number of hydrogen-bond donors (Lipinski definition) is 0. The Labute approximate surface area is 149 Å². The molecular weight excluding hydrogens is 320 g/mol. The monoisotopic (exact) mass is 348 g/mol. The van der Waals surface area contributed by atoms with Crippen molar-refractivity contribution in [1.29, 1.82) is 0 Å². The van der Waals surface area contributed by atoms with E-state index in [4.69, 9.17) is 14.2 Å². The lowest BCUT2D eigenvalue weighted by atomic mass is 9.98. The molecule has 1 aromatic rings. The van der Waals surface area contributed by atoms with Gasteiger partial charge >= 0.3 is 5.97 Å². The second-order valence-corrected chi connectivity index (χ2v) is 6.57. The molecule has 2 rings (SSSR count). The molecule has 0 unspecified atom stereocenters. The zero-order chi connectivity index (χ0) is 18.2. The van der Waals surface area contributed by atoms with Gasteiger partial charge in [-0.15, -0.1) is 0 Å². The first-order valence-corrected chi connectivity index (χ1v) is 9.02. The van der Waals surface area contributed by atoms with E-state index in [0.29, 0.717) is 42.1 Å². The Hall–Kier alpha value is -2.04. The van der Waals surface area contributed by atoms with Gasteiger partial charge in [-0.05, 0) is 50.7 Å². The predicted octanol–water partition coefficient (Wildman–Crippen LogP) is 4.11. The smallest absolute Gasteiger partial charge is 0.342 e. The van der Waals surface area contributed by atoms with Crippen LogP contribution in [-0.2, 0) is 16.0 Å². The predicted molar refractivity (Wildman–Crippen MR) is 95.5 cm³/mol. The Balaban J connectivity index is 2.31. The van der Waals surface area contributed by atoms with Crippen LogP contribution >= 0.6 is 0 Å². The average Bonchev–Trinajstić information content (AvgIpc) is 2.59. The lowest BCUT2D eigenvalue weighted by Crippen LogP contribution is -2.18. The van der Waals surface area contributed by atoms with Crippen LogP contribution in [0.4, 0.5) is 0 Å². The van der Waals surface area contributed by atoms with Crippen molar-refractivity contribution in [2.45, 2.75) is 64.4 Å². The zero-order valence-electron chi connectivity index (χ0n) is 15.4. The Morgan fingerprint density at radius 3 is 2.40 bits per heavy atom. The minimum Gasteiger partial charge on any atom is -0.497 e. The molecule has 0 aromatic heterocycles. The molecule has 0 spiro atoms. The summed E-state index contributed by atoms with van der Waals surface area (Å²) >= 11 is 0. The van der Waals surface area contributed by atoms with Gasteiger partial charge in [-0.2, -0.15) is 0 Å². The van der Waals surface area contributed by atoms with Crippen molar-refractivity contribution in [3.63, 3.8) is 0 Å². The SMILES string of the molecule is COc1cc2c(c(OC)c1)C(=O)O[C@@H](C)CCCC(=O)CCCCC2. The Morgan fingerprint density at radius 1 is 0.960 bits per heavy atom. The number of aryl methyl sites for hydroxylation is 1. The average molecular weight is 348 g/mol. The van der Waals surface area contributed by atoms with E-state index in [2.05, 4.69) is 0 Å². The molecule has 0 N–H and O–H groups in total. The van der Waals surface area contributed by atoms with Crippen molar-refractivity contribution in [1.82, 2.24) is 0 Å². The number of cyclic esters (lactones) is 1. The van der Waals surface area contributed by atoms with Crippen molar-refractivity contribution in [2.75, 3.05) is 14.2 Å². The molecular formula is C20H28O5. The van der Waals surface area contributed by atoms with Crippen LogP contribution in [-0.4, -0.2) is 32.1 Å². The largest absolute Gasteiger partial charge is 0.497 e. The van der Waals surface area contributed by atoms with E-state index in [1.165, 1.54) is 0 Å². The third kappa shape index (κ3) is 5.48. The van der Waals surface area contributed by atoms with E-state index in [1.54, 1.807) is 20.3 Å². The van der Waals surface area contributed by atoms with Crippen LogP contribution in [0, 0.1) is 0 Å². The van der Waals surface area contributed by atoms with Crippen LogP contribution in [0.15, 0.2) is 12.1 Å². The fourth-order valence-corrected chi connectivity index (χ4v) is 3.18. The molecule has 0 amide bonds. The molecule has 1 atom stereocenters. The highest BCUT2D eigenvalue weighted by molar-refractivity contribution is 5.94. The summed E-state index contributed by atoms with van der Waals surface area (Å²) in [4.78, 5) is 24.6. The van der Waals surface area contributed by atoms with Crippen molar-refractivity contribution in [2.24, 2.45) is 0 Å². The number of rotatable bonds is 2. The summed E-state index contributed by atoms with van der Waals surface area (Å²) in [5, 5.41) is 0. The highest BCUT2D eigenvalue weighted by atomic mass is 16.5. The molecule has 0 saturated heterocycles. The minimum atomic E-state index is -0.370. The van der Waals surface area contributed by atoms with Gasteiger partial charge in [-0.1, -0.05) is 6.42 Å². The second-order valence-electron chi connectivity index (χ2n) is 6.57. The first kappa shape index (κ1) is 19.3. The second kappa shape index (κ2) is 9.44. The maximum Gasteiger partial charge on any atom is 0.342 e. The van der Waals surface area contributed by atoms with Crippen molar-refractivity contribution in [3.05, 3.63) is 23.3 Å². The summed E-state index contributed by atoms with van der Waals surface area (Å²) in [6.45, 7) is 1.86. The molecule has 1 aliphatic heterocycles. The zero-order valence-corrected chi connectivity index (χ0v) is 15.4. The molecule has 25 heavy (non-hydrogen) atoms. The molecule has 138 valence electrons. The van der Waals surface area contributed by atoms with Crippen LogP contribution in [0.2, 0.25) is 0 Å². The topological polar surface area (TPSA) is 61.8 Å². The van der Waals surface area contributed by atoms with Gasteiger partial charge in [0.2, 0.25) is 0 Å². The fourth-order valence-electron chi connectivity index (χ4n) is 3.18. The quantitative estimate of drug-likeness (QED) is 0.753. The number of fused-ring (bicyclic) bond motifs is 1. The molecule has 1 heterocycles. The summed E-state index contributed by atoms with van der Waals surface area (Å²) in [7, 11) is 3.14. The number of esters is 1. The van der Waals surface area contributed by atoms with Gasteiger partial charge in [0.25, 0.3) is 0 Å². The van der Waals surface area contributed by atoms with Gasteiger partial charge in [0.05, 0.1) is 20.3 Å². The summed E-state index contributed by atoms with van der Waals surface area (Å²) in [5.41, 5.74) is 1.36. The standard InChI is InChI=1S/C20H28O5/c1-14-8-7-11-16(21)10-6-4-5-9-15-12-17(23-2)13-18(24-3)19(15)20(22)25-14/h12-14H,4-11H2,1-3H3/t14-/m0/s1. The normalized spacial score (nSPS) is 20.2. The highest BCUT2D eigenvalue weighted by Crippen LogP contribution is 2.31. The van der Waals surface area contributed by atoms with E-state index in [-0.39, 0.29) is 12.1 Å². The molecule has 0 fully saturated rings. The third-order valence-corrected chi connectivity index (χ3v) is 4.59. The Kier molecular flexibility index (Phi) is 7.29. The lowest BCUT2D eigenvalue weighted by molar-refractivity contribution is -0.119. The number of ether oxygens (including phenoxy) is 3. The first-order chi connectivity index (χ1) is 12.0. The number of carbonyl (C=O) groups is 2. The number of hydrogen-bond acceptors (Lipinski definition) is 5. The van der Waals surface area contributed by atoms with Gasteiger partial charge in [0.1, 0.15) is 22.8 Å². The van der Waals surface area contributed by atoms with Crippen LogP contribution < -0.4 is 9.47 Å². The third-order valence-electron chi connectivity index (χ3n) is 4.59. The van der Waals surface area contributed by atoms with Gasteiger partial charge < -0.3 is 14.2 Å². The fraction of sp³-hybridized carbons (Fsp3) is 0.600. The molecule has 0 bridgehead atoms. The number of ketones is 1. The number of Topliss-reactive ketones (excluding diaryl/α,β-unsaturated/α-hetero) is 1. The van der Waals surface area contributed by atoms with Crippen LogP contribution in [0.5, 0.6) is 11.5 Å². The minimum absolute atomic E-state index is 0.233. The Morgan fingerprint density at radius 2 is 1.68 bits per heavy atom. The van der Waals surface area contributed by atoms with E-state index < -0.39 is 0 Å². The highest BCUT2D eigenvalue weighted by Gasteiger charge is 2.22. The van der Waals surface area contributed by atoms with E-state index in [1.807, 2.05) is 13.0 Å². The van der Waals surface area contributed by atoms with Gasteiger partial charge in [0.15, 0.2) is 0 Å². The summed E-state index contributed by atoms with van der Waals surface area (Å²) in [6, 6.07) is 3.59. The van der Waals surface area contributed by atoms with E-state index in [9.17, 15) is 9.59 Å².